The number of carbonyl (C=O) groups excluding carboxylic acids is 1. The zero-order valence-electron chi connectivity index (χ0n) is 18.3. The van der Waals surface area contributed by atoms with Crippen LogP contribution in [-0.4, -0.2) is 44.1 Å². The van der Waals surface area contributed by atoms with Crippen molar-refractivity contribution in [2.24, 2.45) is 29.6 Å². The number of nitrogens with zero attached hydrogens (tertiary/aromatic N) is 1. The molecule has 6 nitrogen and oxygen atoms in total. The predicted octanol–water partition coefficient (Wildman–Crippen LogP) is 3.93. The van der Waals surface area contributed by atoms with Gasteiger partial charge >= 0.3 is 6.36 Å². The molecule has 33 heavy (non-hydrogen) atoms. The van der Waals surface area contributed by atoms with Crippen molar-refractivity contribution in [2.75, 3.05) is 13.1 Å². The van der Waals surface area contributed by atoms with Crippen molar-refractivity contribution < 1.29 is 31.1 Å². The van der Waals surface area contributed by atoms with E-state index < -0.39 is 22.1 Å². The molecule has 0 unspecified atom stereocenters. The van der Waals surface area contributed by atoms with Crippen LogP contribution in [0.5, 0.6) is 5.75 Å². The molecule has 1 saturated heterocycles. The number of nitrogens with one attached hydrogen (secondary N) is 1. The van der Waals surface area contributed by atoms with Crippen LogP contribution in [0, 0.1) is 29.6 Å². The monoisotopic (exact) mass is 486 g/mol. The topological polar surface area (TPSA) is 75.7 Å². The normalized spacial score (nSPS) is 32.6. The van der Waals surface area contributed by atoms with Gasteiger partial charge in [0.1, 0.15) is 5.75 Å². The SMILES string of the molecule is O=C(NC1C2CC3CC(C2)CC1C3)C1CCN(S(=O)(=O)c2ccc(OC(F)(F)F)cc2)CC1. The van der Waals surface area contributed by atoms with E-state index in [1.807, 2.05) is 0 Å². The van der Waals surface area contributed by atoms with E-state index in [2.05, 4.69) is 10.1 Å². The third kappa shape index (κ3) is 4.73. The van der Waals surface area contributed by atoms with Gasteiger partial charge in [-0.3, -0.25) is 4.79 Å². The Labute approximate surface area is 191 Å². The Bertz CT molecular complexity index is 960. The molecule has 1 aromatic rings. The van der Waals surface area contributed by atoms with Crippen molar-refractivity contribution in [2.45, 2.75) is 62.2 Å². The number of halogens is 3. The number of hydrogen-bond donors (Lipinski definition) is 1. The summed E-state index contributed by atoms with van der Waals surface area (Å²) in [5.41, 5.74) is 0. The van der Waals surface area contributed by atoms with Crippen LogP contribution in [0.2, 0.25) is 0 Å². The lowest BCUT2D eigenvalue weighted by Gasteiger charge is -2.54. The highest BCUT2D eigenvalue weighted by Crippen LogP contribution is 2.53. The van der Waals surface area contributed by atoms with Crippen LogP contribution in [0.4, 0.5) is 13.2 Å². The fraction of sp³-hybridized carbons (Fsp3) is 0.696. The number of alkyl halides is 3. The second-order valence-electron chi connectivity index (χ2n) is 10.2. The van der Waals surface area contributed by atoms with Crippen molar-refractivity contribution in [3.63, 3.8) is 0 Å². The Kier molecular flexibility index (Phi) is 5.87. The standard InChI is InChI=1S/C23H29F3N2O4S/c24-23(25,26)32-19-1-3-20(4-2-19)33(30,31)28-7-5-16(6-8-28)22(29)27-21-17-10-14-9-15(12-17)13-18(21)11-14/h1-4,14-18,21H,5-13H2,(H,27,29). The maximum absolute atomic E-state index is 13.0. The largest absolute Gasteiger partial charge is 0.573 e. The van der Waals surface area contributed by atoms with Gasteiger partial charge in [-0.25, -0.2) is 8.42 Å². The molecule has 5 aliphatic rings. The molecule has 4 saturated carbocycles. The lowest BCUT2D eigenvalue weighted by atomic mass is 9.54. The molecule has 1 heterocycles. The van der Waals surface area contributed by atoms with Gasteiger partial charge in [0.15, 0.2) is 0 Å². The summed E-state index contributed by atoms with van der Waals surface area (Å²) in [5.74, 6) is 2.22. The molecule has 1 amide bonds. The summed E-state index contributed by atoms with van der Waals surface area (Å²) >= 11 is 0. The van der Waals surface area contributed by atoms with E-state index in [0.717, 1.165) is 36.1 Å². The Balaban J connectivity index is 1.16. The summed E-state index contributed by atoms with van der Waals surface area (Å²) in [4.78, 5) is 12.9. The van der Waals surface area contributed by atoms with Crippen molar-refractivity contribution in [3.8, 4) is 5.75 Å². The van der Waals surface area contributed by atoms with Crippen LogP contribution in [0.3, 0.4) is 0 Å². The van der Waals surface area contributed by atoms with Gasteiger partial charge < -0.3 is 10.1 Å². The summed E-state index contributed by atoms with van der Waals surface area (Å²) in [6.07, 6.45) is 2.30. The first kappa shape index (κ1) is 23.0. The van der Waals surface area contributed by atoms with E-state index in [1.165, 1.54) is 36.4 Å². The van der Waals surface area contributed by atoms with Gasteiger partial charge in [0.25, 0.3) is 0 Å². The highest BCUT2D eigenvalue weighted by Gasteiger charge is 2.49. The number of hydrogen-bond acceptors (Lipinski definition) is 4. The van der Waals surface area contributed by atoms with E-state index in [-0.39, 0.29) is 35.9 Å². The molecular formula is C23H29F3N2O4S. The van der Waals surface area contributed by atoms with Crippen LogP contribution in [0.1, 0.15) is 44.9 Å². The quantitative estimate of drug-likeness (QED) is 0.685. The van der Waals surface area contributed by atoms with E-state index in [4.69, 9.17) is 0 Å². The van der Waals surface area contributed by atoms with Gasteiger partial charge in [-0.05, 0) is 92.9 Å². The fourth-order valence-corrected chi connectivity index (χ4v) is 8.23. The second kappa shape index (κ2) is 8.45. The van der Waals surface area contributed by atoms with Gasteiger partial charge in [-0.1, -0.05) is 0 Å². The summed E-state index contributed by atoms with van der Waals surface area (Å²) in [6, 6.07) is 4.48. The summed E-state index contributed by atoms with van der Waals surface area (Å²) < 4.78 is 67.9. The molecule has 0 radical (unpaired) electrons. The van der Waals surface area contributed by atoms with E-state index in [9.17, 15) is 26.4 Å². The zero-order valence-corrected chi connectivity index (χ0v) is 19.1. The highest BCUT2D eigenvalue weighted by atomic mass is 32.2. The molecule has 0 spiro atoms. The zero-order chi connectivity index (χ0) is 23.4. The minimum Gasteiger partial charge on any atom is -0.406 e. The number of amides is 1. The Morgan fingerprint density at radius 1 is 0.939 bits per heavy atom. The number of rotatable bonds is 5. The van der Waals surface area contributed by atoms with Gasteiger partial charge in [-0.2, -0.15) is 4.31 Å². The van der Waals surface area contributed by atoms with Crippen molar-refractivity contribution >= 4 is 15.9 Å². The number of benzene rings is 1. The summed E-state index contributed by atoms with van der Waals surface area (Å²) in [6.45, 7) is 0.422. The highest BCUT2D eigenvalue weighted by molar-refractivity contribution is 7.89. The first-order valence-electron chi connectivity index (χ1n) is 11.7. The Morgan fingerprint density at radius 2 is 1.48 bits per heavy atom. The predicted molar refractivity (Wildman–Crippen MR) is 114 cm³/mol. The molecule has 1 aliphatic heterocycles. The molecule has 6 rings (SSSR count). The van der Waals surface area contributed by atoms with Crippen molar-refractivity contribution in [1.29, 1.82) is 0 Å². The van der Waals surface area contributed by atoms with Crippen LogP contribution in [0.15, 0.2) is 29.2 Å². The first-order chi connectivity index (χ1) is 15.6. The van der Waals surface area contributed by atoms with Crippen molar-refractivity contribution in [1.82, 2.24) is 9.62 Å². The average Bonchev–Trinajstić information content (AvgIpc) is 2.75. The van der Waals surface area contributed by atoms with Crippen LogP contribution < -0.4 is 10.1 Å². The third-order valence-electron chi connectivity index (χ3n) is 8.06. The maximum atomic E-state index is 13.0. The lowest BCUT2D eigenvalue weighted by molar-refractivity contribution is -0.274. The fourth-order valence-electron chi connectivity index (χ4n) is 6.76. The minimum absolute atomic E-state index is 0.0400. The van der Waals surface area contributed by atoms with Crippen LogP contribution >= 0.6 is 0 Å². The molecule has 1 aromatic carbocycles. The lowest BCUT2D eigenvalue weighted by Crippen LogP contribution is -2.57. The summed E-state index contributed by atoms with van der Waals surface area (Å²) in [5, 5.41) is 3.33. The Morgan fingerprint density at radius 3 is 2.00 bits per heavy atom. The number of carbonyl (C=O) groups is 1. The molecule has 4 bridgehead atoms. The van der Waals surface area contributed by atoms with Crippen molar-refractivity contribution in [3.05, 3.63) is 24.3 Å². The van der Waals surface area contributed by atoms with Crippen LogP contribution in [0.25, 0.3) is 0 Å². The molecule has 0 atom stereocenters. The van der Waals surface area contributed by atoms with Gasteiger partial charge in [-0.15, -0.1) is 13.2 Å². The molecular weight excluding hydrogens is 457 g/mol. The second-order valence-corrected chi connectivity index (χ2v) is 12.1. The maximum Gasteiger partial charge on any atom is 0.573 e. The third-order valence-corrected chi connectivity index (χ3v) is 9.97. The smallest absolute Gasteiger partial charge is 0.406 e. The molecule has 4 aliphatic carbocycles. The van der Waals surface area contributed by atoms with Gasteiger partial charge in [0, 0.05) is 25.0 Å². The van der Waals surface area contributed by atoms with E-state index >= 15 is 0 Å². The van der Waals surface area contributed by atoms with E-state index in [0.29, 0.717) is 24.7 Å². The Hall–Kier alpha value is -1.81. The summed E-state index contributed by atoms with van der Waals surface area (Å²) in [7, 11) is -3.85. The van der Waals surface area contributed by atoms with E-state index in [1.54, 1.807) is 0 Å². The number of sulfonamides is 1. The number of ether oxygens (including phenoxy) is 1. The molecule has 1 N–H and O–H groups in total. The van der Waals surface area contributed by atoms with Gasteiger partial charge in [0.05, 0.1) is 4.90 Å². The van der Waals surface area contributed by atoms with Gasteiger partial charge in [0.2, 0.25) is 15.9 Å². The molecule has 182 valence electrons. The minimum atomic E-state index is -4.83. The molecule has 0 aromatic heterocycles. The molecule has 5 fully saturated rings. The molecule has 10 heteroatoms. The number of piperidine rings is 1. The first-order valence-corrected chi connectivity index (χ1v) is 13.2. The van der Waals surface area contributed by atoms with Crippen LogP contribution in [-0.2, 0) is 14.8 Å². The average molecular weight is 487 g/mol.